The maximum absolute atomic E-state index is 8.30. The van der Waals surface area contributed by atoms with Gasteiger partial charge in [-0.25, -0.2) is 15.1 Å². The van der Waals surface area contributed by atoms with E-state index in [9.17, 15) is 0 Å². The van der Waals surface area contributed by atoms with Gasteiger partial charge in [-0.05, 0) is 55.8 Å². The van der Waals surface area contributed by atoms with E-state index < -0.39 is 0 Å². The summed E-state index contributed by atoms with van der Waals surface area (Å²) in [6.07, 6.45) is 1.65. The molecule has 0 bridgehead atoms. The van der Waals surface area contributed by atoms with Gasteiger partial charge in [-0.3, -0.25) is 0 Å². The molecule has 7 heteroatoms. The molecule has 0 atom stereocenters. The number of benzene rings is 2. The minimum atomic E-state index is 0.345. The number of ether oxygens (including phenoxy) is 1. The van der Waals surface area contributed by atoms with Gasteiger partial charge >= 0.3 is 0 Å². The predicted molar refractivity (Wildman–Crippen MR) is 102 cm³/mol. The molecular weight excluding hydrogens is 340 g/mol. The van der Waals surface area contributed by atoms with Crippen LogP contribution in [0.25, 0.3) is 11.4 Å². The van der Waals surface area contributed by atoms with Crippen LogP contribution in [0.2, 0.25) is 1.41 Å². The molecular formula is C20H18N6O. The number of hydrogen-bond acceptors (Lipinski definition) is 5. The standard InChI is InChI=1S/C20H18N6O/c1-13-4-3-5-16(12-13)23-20-24-19(25-26-20)15-6-8-17(9-7-15)27-18-10-11-21-14(2)22-18/h3-12H,1-2H3,(H2,23,24,25,26)/i/hD. The highest BCUT2D eigenvalue weighted by atomic mass is 16.5. The van der Waals surface area contributed by atoms with E-state index in [1.165, 1.54) is 4.98 Å². The van der Waals surface area contributed by atoms with Crippen LogP contribution in [-0.4, -0.2) is 25.1 Å². The average molecular weight is 359 g/mol. The molecule has 0 aliphatic carbocycles. The summed E-state index contributed by atoms with van der Waals surface area (Å²) in [6, 6.07) is 16.7. The van der Waals surface area contributed by atoms with Gasteiger partial charge in [0.15, 0.2) is 7.24 Å². The second-order valence-electron chi connectivity index (χ2n) is 6.00. The zero-order valence-corrected chi connectivity index (χ0v) is 14.9. The van der Waals surface area contributed by atoms with Crippen molar-refractivity contribution in [3.63, 3.8) is 0 Å². The third kappa shape index (κ3) is 4.09. The van der Waals surface area contributed by atoms with Crippen LogP contribution >= 0.6 is 0 Å². The van der Waals surface area contributed by atoms with Crippen LogP contribution in [0.4, 0.5) is 5.69 Å². The van der Waals surface area contributed by atoms with Crippen molar-refractivity contribution in [2.45, 2.75) is 13.8 Å². The SMILES string of the molecule is [2H]n1c(-c2ccc(Oc3ccnc(C)n3)cc2)n[nH]c1=Nc1cccc(C)c1. The van der Waals surface area contributed by atoms with Crippen LogP contribution in [0.3, 0.4) is 0 Å². The Hall–Kier alpha value is -3.74. The summed E-state index contributed by atoms with van der Waals surface area (Å²) in [5.74, 6) is 2.22. The maximum Gasteiger partial charge on any atom is 0.223 e. The minimum Gasteiger partial charge on any atom is -0.439 e. The normalized spacial score (nSPS) is 12.1. The number of nitrogens with one attached hydrogen (secondary N) is 2. The predicted octanol–water partition coefficient (Wildman–Crippen LogP) is 3.84. The van der Waals surface area contributed by atoms with Crippen molar-refractivity contribution in [1.82, 2.24) is 25.1 Å². The lowest BCUT2D eigenvalue weighted by atomic mass is 10.2. The summed E-state index contributed by atoms with van der Waals surface area (Å²) in [4.78, 5) is 13.9. The molecule has 4 aromatic rings. The van der Waals surface area contributed by atoms with Crippen LogP contribution in [0.5, 0.6) is 11.6 Å². The van der Waals surface area contributed by atoms with E-state index in [0.717, 1.165) is 16.8 Å². The Morgan fingerprint density at radius 3 is 2.70 bits per heavy atom. The van der Waals surface area contributed by atoms with E-state index in [2.05, 4.69) is 25.2 Å². The van der Waals surface area contributed by atoms with Gasteiger partial charge in [0, 0.05) is 17.8 Å². The van der Waals surface area contributed by atoms with E-state index in [1.807, 2.05) is 43.3 Å². The third-order valence-electron chi connectivity index (χ3n) is 3.80. The number of rotatable bonds is 4. The molecule has 2 heterocycles. The van der Waals surface area contributed by atoms with E-state index in [0.29, 0.717) is 28.9 Å². The Kier molecular flexibility index (Phi) is 4.16. The summed E-state index contributed by atoms with van der Waals surface area (Å²) >= 11 is 0. The van der Waals surface area contributed by atoms with Crippen molar-refractivity contribution in [3.8, 4) is 23.0 Å². The van der Waals surface area contributed by atoms with Crippen LogP contribution < -0.4 is 10.4 Å². The van der Waals surface area contributed by atoms with Gasteiger partial charge in [0.25, 0.3) is 0 Å². The first-order valence-electron chi connectivity index (χ1n) is 8.89. The molecule has 2 aromatic carbocycles. The van der Waals surface area contributed by atoms with Crippen LogP contribution in [0, 0.1) is 13.8 Å². The molecule has 4 rings (SSSR count). The van der Waals surface area contributed by atoms with Gasteiger partial charge in [0.1, 0.15) is 11.6 Å². The summed E-state index contributed by atoms with van der Waals surface area (Å²) < 4.78 is 14.0. The summed E-state index contributed by atoms with van der Waals surface area (Å²) in [5.41, 5.74) is 2.98. The van der Waals surface area contributed by atoms with Crippen molar-refractivity contribution < 1.29 is 6.15 Å². The molecule has 0 spiro atoms. The Balaban J connectivity index is 1.59. The van der Waals surface area contributed by atoms with Crippen molar-refractivity contribution in [1.29, 1.82) is 0 Å². The largest absolute Gasteiger partial charge is 0.439 e. The Morgan fingerprint density at radius 1 is 1.07 bits per heavy atom. The molecule has 0 saturated heterocycles. The van der Waals surface area contributed by atoms with E-state index >= 15 is 0 Å². The first kappa shape index (κ1) is 15.5. The van der Waals surface area contributed by atoms with Crippen molar-refractivity contribution in [2.24, 2.45) is 4.99 Å². The van der Waals surface area contributed by atoms with E-state index in [4.69, 9.17) is 6.15 Å². The van der Waals surface area contributed by atoms with Gasteiger partial charge in [-0.1, -0.05) is 12.1 Å². The van der Waals surface area contributed by atoms with E-state index in [-0.39, 0.29) is 0 Å². The molecule has 134 valence electrons. The number of H-pyrrole nitrogens is 2. The fourth-order valence-electron chi connectivity index (χ4n) is 2.54. The summed E-state index contributed by atoms with van der Waals surface area (Å²) in [5, 5.41) is 7.04. The lowest BCUT2D eigenvalue weighted by Crippen LogP contribution is -2.04. The topological polar surface area (TPSA) is 91.8 Å². The smallest absolute Gasteiger partial charge is 0.223 e. The lowest BCUT2D eigenvalue weighted by molar-refractivity contribution is 0.460. The Morgan fingerprint density at radius 2 is 1.93 bits per heavy atom. The summed E-state index contributed by atoms with van der Waals surface area (Å²) in [7, 11) is 0. The number of aryl methyl sites for hydroxylation is 2. The third-order valence-corrected chi connectivity index (χ3v) is 3.80. The highest BCUT2D eigenvalue weighted by molar-refractivity contribution is 5.55. The van der Waals surface area contributed by atoms with Gasteiger partial charge in [0.2, 0.25) is 11.5 Å². The quantitative estimate of drug-likeness (QED) is 0.579. The van der Waals surface area contributed by atoms with Gasteiger partial charge in [-0.2, -0.15) is 10.1 Å². The highest BCUT2D eigenvalue weighted by Gasteiger charge is 2.04. The maximum atomic E-state index is 8.30. The van der Waals surface area contributed by atoms with Crippen molar-refractivity contribution in [2.75, 3.05) is 0 Å². The monoisotopic (exact) mass is 359 g/mol. The zero-order valence-electron chi connectivity index (χ0n) is 15.9. The zero-order chi connectivity index (χ0) is 19.5. The summed E-state index contributed by atoms with van der Waals surface area (Å²) in [6.45, 7) is 3.80. The van der Waals surface area contributed by atoms with Crippen LogP contribution in [-0.2, 0) is 0 Å². The molecule has 0 amide bonds. The molecule has 0 saturated carbocycles. The number of hydrogen-bond donors (Lipinski definition) is 2. The number of nitrogens with zero attached hydrogens (tertiary/aromatic N) is 4. The molecule has 0 radical (unpaired) electrons. The van der Waals surface area contributed by atoms with Crippen molar-refractivity contribution >= 4 is 5.69 Å². The molecule has 0 unspecified atom stereocenters. The van der Waals surface area contributed by atoms with Crippen molar-refractivity contribution in [3.05, 3.63) is 77.8 Å². The van der Waals surface area contributed by atoms with Crippen LogP contribution in [0.1, 0.15) is 11.4 Å². The molecule has 0 aliphatic rings. The molecule has 0 fully saturated rings. The number of aromatic nitrogens is 5. The van der Waals surface area contributed by atoms with Gasteiger partial charge in [0.05, 0.1) is 5.69 Å². The average Bonchev–Trinajstić information content (AvgIpc) is 3.03. The second-order valence-corrected chi connectivity index (χ2v) is 6.00. The lowest BCUT2D eigenvalue weighted by Gasteiger charge is -2.05. The molecule has 7 nitrogen and oxygen atoms in total. The van der Waals surface area contributed by atoms with Crippen LogP contribution in [0.15, 0.2) is 65.8 Å². The van der Waals surface area contributed by atoms with Gasteiger partial charge < -0.3 is 9.71 Å². The highest BCUT2D eigenvalue weighted by Crippen LogP contribution is 2.22. The minimum absolute atomic E-state index is 0.345. The molecule has 0 aliphatic heterocycles. The first-order chi connectivity index (χ1) is 13.6. The molecule has 2 aromatic heterocycles. The fraction of sp³-hybridized carbons (Fsp3) is 0.100. The molecule has 27 heavy (non-hydrogen) atoms. The first-order valence-corrected chi connectivity index (χ1v) is 8.44. The Labute approximate surface area is 157 Å². The second kappa shape index (κ2) is 7.25. The van der Waals surface area contributed by atoms with E-state index in [1.54, 1.807) is 31.3 Å². The van der Waals surface area contributed by atoms with Gasteiger partial charge in [-0.15, -0.1) is 0 Å². The Bertz CT molecular complexity index is 1180. The fourth-order valence-corrected chi connectivity index (χ4v) is 2.54. The molecule has 2 N–H and O–H groups in total. The number of aromatic amines is 2.